The molecule has 1 aliphatic rings. The summed E-state index contributed by atoms with van der Waals surface area (Å²) in [5.74, 6) is 0.144. The van der Waals surface area contributed by atoms with Gasteiger partial charge in [-0.3, -0.25) is 9.89 Å². The molecule has 0 aromatic carbocycles. The number of aromatic amines is 1. The molecule has 1 unspecified atom stereocenters. The van der Waals surface area contributed by atoms with E-state index in [-0.39, 0.29) is 18.4 Å². The molecular formula is C14H17N3O2S. The maximum Gasteiger partial charge on any atom is 0.274 e. The largest absolute Gasteiger partial charge is 0.396 e. The number of carbonyl (C=O) groups excluding carboxylic acids is 1. The maximum atomic E-state index is 12.4. The number of aliphatic hydroxyl groups excluding tert-OH is 1. The molecule has 2 aromatic heterocycles. The first-order chi connectivity index (χ1) is 9.78. The van der Waals surface area contributed by atoms with Crippen molar-refractivity contribution in [2.75, 3.05) is 19.7 Å². The minimum absolute atomic E-state index is 0.0535. The van der Waals surface area contributed by atoms with Gasteiger partial charge in [-0.25, -0.2) is 0 Å². The molecule has 1 fully saturated rings. The number of nitrogens with zero attached hydrogens (tertiary/aromatic N) is 2. The lowest BCUT2D eigenvalue weighted by Crippen LogP contribution is -2.41. The Morgan fingerprint density at radius 3 is 3.25 bits per heavy atom. The fourth-order valence-corrected chi connectivity index (χ4v) is 3.24. The van der Waals surface area contributed by atoms with Crippen LogP contribution in [0, 0.1) is 5.92 Å². The molecule has 5 nitrogen and oxygen atoms in total. The molecule has 0 saturated carbocycles. The molecule has 0 aliphatic carbocycles. The highest BCUT2D eigenvalue weighted by Crippen LogP contribution is 2.24. The summed E-state index contributed by atoms with van der Waals surface area (Å²) in [6, 6.07) is 5.77. The number of hydrogen-bond acceptors (Lipinski definition) is 4. The van der Waals surface area contributed by atoms with E-state index in [1.165, 1.54) is 0 Å². The van der Waals surface area contributed by atoms with Crippen LogP contribution >= 0.6 is 11.3 Å². The van der Waals surface area contributed by atoms with E-state index in [2.05, 4.69) is 10.2 Å². The molecule has 20 heavy (non-hydrogen) atoms. The smallest absolute Gasteiger partial charge is 0.274 e. The van der Waals surface area contributed by atoms with Crippen molar-refractivity contribution in [1.29, 1.82) is 0 Å². The quantitative estimate of drug-likeness (QED) is 0.908. The van der Waals surface area contributed by atoms with E-state index >= 15 is 0 Å². The number of thiophene rings is 1. The molecule has 2 N–H and O–H groups in total. The van der Waals surface area contributed by atoms with Crippen LogP contribution in [0.4, 0.5) is 0 Å². The first-order valence-corrected chi connectivity index (χ1v) is 7.65. The van der Waals surface area contributed by atoms with Crippen molar-refractivity contribution >= 4 is 17.2 Å². The Kier molecular flexibility index (Phi) is 3.84. The van der Waals surface area contributed by atoms with Crippen LogP contribution in [0.5, 0.6) is 0 Å². The lowest BCUT2D eigenvalue weighted by Gasteiger charge is -2.31. The van der Waals surface area contributed by atoms with Crippen molar-refractivity contribution < 1.29 is 9.90 Å². The number of likely N-dealkylation sites (tertiary alicyclic amines) is 1. The Bertz CT molecular complexity index is 579. The Balaban J connectivity index is 1.74. The zero-order chi connectivity index (χ0) is 13.9. The second kappa shape index (κ2) is 5.76. The van der Waals surface area contributed by atoms with Crippen LogP contribution in [-0.2, 0) is 0 Å². The fraction of sp³-hybridized carbons (Fsp3) is 0.429. The number of carbonyl (C=O) groups is 1. The highest BCUT2D eigenvalue weighted by Gasteiger charge is 2.25. The SMILES string of the molecule is O=C(c1cc(-c2cccs2)[nH]n1)N1CCCC(CO)C1. The second-order valence-electron chi connectivity index (χ2n) is 5.09. The number of amides is 1. The van der Waals surface area contributed by atoms with Crippen LogP contribution < -0.4 is 0 Å². The van der Waals surface area contributed by atoms with Crippen molar-refractivity contribution in [3.05, 3.63) is 29.3 Å². The van der Waals surface area contributed by atoms with Crippen LogP contribution in [0.25, 0.3) is 10.6 Å². The number of hydrogen-bond donors (Lipinski definition) is 2. The number of H-pyrrole nitrogens is 1. The lowest BCUT2D eigenvalue weighted by atomic mass is 9.99. The molecular weight excluding hydrogens is 274 g/mol. The van der Waals surface area contributed by atoms with Gasteiger partial charge in [-0.15, -0.1) is 11.3 Å². The van der Waals surface area contributed by atoms with Gasteiger partial charge >= 0.3 is 0 Å². The minimum Gasteiger partial charge on any atom is -0.396 e. The predicted octanol–water partition coefficient (Wildman–Crippen LogP) is 1.98. The van der Waals surface area contributed by atoms with Gasteiger partial charge in [0.1, 0.15) is 0 Å². The highest BCUT2D eigenvalue weighted by atomic mass is 32.1. The van der Waals surface area contributed by atoms with E-state index < -0.39 is 0 Å². The number of nitrogens with one attached hydrogen (secondary N) is 1. The van der Waals surface area contributed by atoms with Gasteiger partial charge in [-0.05, 0) is 36.3 Å². The van der Waals surface area contributed by atoms with Crippen molar-refractivity contribution in [2.45, 2.75) is 12.8 Å². The molecule has 6 heteroatoms. The molecule has 1 saturated heterocycles. The van der Waals surface area contributed by atoms with Gasteiger partial charge in [0.15, 0.2) is 5.69 Å². The van der Waals surface area contributed by atoms with Crippen LogP contribution in [0.15, 0.2) is 23.6 Å². The Morgan fingerprint density at radius 2 is 2.50 bits per heavy atom. The van der Waals surface area contributed by atoms with E-state index in [4.69, 9.17) is 0 Å². The van der Waals surface area contributed by atoms with Gasteiger partial charge in [-0.2, -0.15) is 5.10 Å². The standard InChI is InChI=1S/C14H17N3O2S/c18-9-10-3-1-5-17(8-10)14(19)12-7-11(15-16-12)13-4-2-6-20-13/h2,4,6-7,10,18H,1,3,5,8-9H2,(H,15,16). The minimum atomic E-state index is -0.0535. The third-order valence-electron chi connectivity index (χ3n) is 3.65. The van der Waals surface area contributed by atoms with Crippen molar-refractivity contribution in [2.24, 2.45) is 5.92 Å². The molecule has 0 bridgehead atoms. The highest BCUT2D eigenvalue weighted by molar-refractivity contribution is 7.13. The number of aliphatic hydroxyl groups is 1. The van der Waals surface area contributed by atoms with E-state index in [0.29, 0.717) is 12.2 Å². The summed E-state index contributed by atoms with van der Waals surface area (Å²) in [7, 11) is 0. The normalized spacial score (nSPS) is 19.2. The van der Waals surface area contributed by atoms with E-state index in [1.807, 2.05) is 17.5 Å². The monoisotopic (exact) mass is 291 g/mol. The van der Waals surface area contributed by atoms with Gasteiger partial charge in [0.25, 0.3) is 5.91 Å². The lowest BCUT2D eigenvalue weighted by molar-refractivity contribution is 0.0615. The van der Waals surface area contributed by atoms with Crippen LogP contribution in [0.2, 0.25) is 0 Å². The predicted molar refractivity (Wildman–Crippen MR) is 77.6 cm³/mol. The number of piperidine rings is 1. The second-order valence-corrected chi connectivity index (χ2v) is 6.03. The molecule has 1 amide bonds. The van der Waals surface area contributed by atoms with E-state index in [9.17, 15) is 9.90 Å². The summed E-state index contributed by atoms with van der Waals surface area (Å²) in [4.78, 5) is 15.3. The molecule has 106 valence electrons. The van der Waals surface area contributed by atoms with Crippen LogP contribution in [0.1, 0.15) is 23.3 Å². The number of rotatable bonds is 3. The van der Waals surface area contributed by atoms with Crippen molar-refractivity contribution in [3.8, 4) is 10.6 Å². The Hall–Kier alpha value is -1.66. The summed E-state index contributed by atoms with van der Waals surface area (Å²) in [5.41, 5.74) is 1.33. The van der Waals surface area contributed by atoms with Crippen LogP contribution in [-0.4, -0.2) is 45.8 Å². The summed E-state index contributed by atoms with van der Waals surface area (Å²) < 4.78 is 0. The molecule has 1 atom stereocenters. The molecule has 0 spiro atoms. The van der Waals surface area contributed by atoms with Gasteiger partial charge in [0, 0.05) is 19.7 Å². The third kappa shape index (κ3) is 2.62. The van der Waals surface area contributed by atoms with Gasteiger partial charge in [0.05, 0.1) is 10.6 Å². The average molecular weight is 291 g/mol. The Labute approximate surface area is 121 Å². The van der Waals surface area contributed by atoms with Gasteiger partial charge < -0.3 is 10.0 Å². The Morgan fingerprint density at radius 1 is 1.60 bits per heavy atom. The van der Waals surface area contributed by atoms with Gasteiger partial charge in [0.2, 0.25) is 0 Å². The maximum absolute atomic E-state index is 12.4. The molecule has 0 radical (unpaired) electrons. The first kappa shape index (κ1) is 13.3. The van der Waals surface area contributed by atoms with E-state index in [1.54, 1.807) is 22.3 Å². The first-order valence-electron chi connectivity index (χ1n) is 6.77. The molecule has 1 aliphatic heterocycles. The van der Waals surface area contributed by atoms with Crippen molar-refractivity contribution in [1.82, 2.24) is 15.1 Å². The van der Waals surface area contributed by atoms with Crippen molar-refractivity contribution in [3.63, 3.8) is 0 Å². The van der Waals surface area contributed by atoms with Crippen LogP contribution in [0.3, 0.4) is 0 Å². The zero-order valence-corrected chi connectivity index (χ0v) is 11.9. The summed E-state index contributed by atoms with van der Waals surface area (Å²) in [6.07, 6.45) is 1.93. The average Bonchev–Trinajstić information content (AvgIpc) is 3.17. The molecule has 3 rings (SSSR count). The number of aromatic nitrogens is 2. The van der Waals surface area contributed by atoms with E-state index in [0.717, 1.165) is 30.0 Å². The third-order valence-corrected chi connectivity index (χ3v) is 4.55. The summed E-state index contributed by atoms with van der Waals surface area (Å²) in [6.45, 7) is 1.51. The fourth-order valence-electron chi connectivity index (χ4n) is 2.55. The summed E-state index contributed by atoms with van der Waals surface area (Å²) in [5, 5.41) is 18.3. The molecule has 3 heterocycles. The summed E-state index contributed by atoms with van der Waals surface area (Å²) >= 11 is 1.61. The van der Waals surface area contributed by atoms with Gasteiger partial charge in [-0.1, -0.05) is 6.07 Å². The topological polar surface area (TPSA) is 69.2 Å². The zero-order valence-electron chi connectivity index (χ0n) is 11.1. The molecule has 2 aromatic rings.